The number of hydrogen-bond acceptors (Lipinski definition) is 4. The fraction of sp³-hybridized carbons (Fsp3) is 0.368. The van der Waals surface area contributed by atoms with Gasteiger partial charge in [-0.05, 0) is 30.4 Å². The Morgan fingerprint density at radius 1 is 1.09 bits per heavy atom. The zero-order valence-electron chi connectivity index (χ0n) is 13.7. The largest absolute Gasteiger partial charge is 0.496 e. The molecule has 0 heterocycles. The molecule has 1 N–H and O–H groups in total. The van der Waals surface area contributed by atoms with Gasteiger partial charge in [-0.15, -0.1) is 0 Å². The average molecular weight is 313 g/mol. The van der Waals surface area contributed by atoms with Gasteiger partial charge in [0.05, 0.1) is 7.11 Å². The van der Waals surface area contributed by atoms with Crippen molar-refractivity contribution < 1.29 is 14.7 Å². The molecular weight excluding hydrogens is 290 g/mol. The number of ketones is 1. The van der Waals surface area contributed by atoms with Crippen molar-refractivity contribution in [2.45, 2.75) is 39.0 Å². The molecule has 0 saturated heterocycles. The lowest BCUT2D eigenvalue weighted by Crippen LogP contribution is -2.15. The normalized spacial score (nSPS) is 11.7. The third kappa shape index (κ3) is 3.89. The maximum atomic E-state index is 12.7. The number of rotatable bonds is 8. The van der Waals surface area contributed by atoms with Gasteiger partial charge in [0.2, 0.25) is 5.78 Å². The quantitative estimate of drug-likeness (QED) is 0.249. The van der Waals surface area contributed by atoms with E-state index in [0.717, 1.165) is 42.2 Å². The Bertz CT molecular complexity index is 707. The molecule has 0 unspecified atom stereocenters. The minimum Gasteiger partial charge on any atom is -0.496 e. The number of carbonyl (C=O) groups is 1. The van der Waals surface area contributed by atoms with E-state index in [2.05, 4.69) is 12.1 Å². The molecule has 0 atom stereocenters. The Kier molecular flexibility index (Phi) is 6.15. The first-order chi connectivity index (χ1) is 11.2. The SMILES string of the molecule is CCCCCCC(=NO)C(=O)c1ccc(OC)c2ccccc12. The Hall–Kier alpha value is -2.36. The maximum absolute atomic E-state index is 12.7. The Labute approximate surface area is 136 Å². The molecule has 0 amide bonds. The number of Topliss-reactive ketones (excluding diaryl/α,β-unsaturated/α-hetero) is 1. The van der Waals surface area contributed by atoms with Crippen LogP contribution in [-0.4, -0.2) is 23.8 Å². The number of oxime groups is 1. The van der Waals surface area contributed by atoms with Crippen LogP contribution in [0.15, 0.2) is 41.6 Å². The van der Waals surface area contributed by atoms with E-state index in [9.17, 15) is 10.0 Å². The molecule has 23 heavy (non-hydrogen) atoms. The molecule has 0 fully saturated rings. The summed E-state index contributed by atoms with van der Waals surface area (Å²) in [5.41, 5.74) is 0.765. The predicted octanol–water partition coefficient (Wildman–Crippen LogP) is 4.83. The van der Waals surface area contributed by atoms with Gasteiger partial charge in [0.1, 0.15) is 11.5 Å². The van der Waals surface area contributed by atoms with Crippen LogP contribution in [-0.2, 0) is 0 Å². The summed E-state index contributed by atoms with van der Waals surface area (Å²) in [5.74, 6) is 0.505. The molecule has 4 heteroatoms. The fourth-order valence-corrected chi connectivity index (χ4v) is 2.73. The van der Waals surface area contributed by atoms with Crippen LogP contribution in [0.5, 0.6) is 5.75 Å². The van der Waals surface area contributed by atoms with Crippen molar-refractivity contribution in [2.24, 2.45) is 5.16 Å². The minimum absolute atomic E-state index is 0.219. The number of hydrogen-bond donors (Lipinski definition) is 1. The van der Waals surface area contributed by atoms with E-state index in [0.29, 0.717) is 12.0 Å². The van der Waals surface area contributed by atoms with E-state index in [1.807, 2.05) is 24.3 Å². The molecule has 122 valence electrons. The van der Waals surface area contributed by atoms with Crippen molar-refractivity contribution in [1.82, 2.24) is 0 Å². The van der Waals surface area contributed by atoms with Crippen molar-refractivity contribution in [3.8, 4) is 5.75 Å². The van der Waals surface area contributed by atoms with E-state index in [4.69, 9.17) is 4.74 Å². The number of methoxy groups -OCH3 is 1. The molecule has 4 nitrogen and oxygen atoms in total. The standard InChI is InChI=1S/C19H23NO3/c1-3-4-5-6-11-17(20-22)19(21)16-12-13-18(23-2)15-10-8-7-9-14(15)16/h7-10,12-13,22H,3-6,11H2,1-2H3. The molecule has 0 radical (unpaired) electrons. The van der Waals surface area contributed by atoms with Crippen LogP contribution in [0.4, 0.5) is 0 Å². The number of fused-ring (bicyclic) bond motifs is 1. The van der Waals surface area contributed by atoms with Gasteiger partial charge in [0, 0.05) is 10.9 Å². The number of benzene rings is 2. The second kappa shape index (κ2) is 8.32. The molecule has 0 aliphatic heterocycles. The summed E-state index contributed by atoms with van der Waals surface area (Å²) in [4.78, 5) is 12.7. The highest BCUT2D eigenvalue weighted by atomic mass is 16.5. The Morgan fingerprint density at radius 2 is 1.83 bits per heavy atom. The molecule has 2 aromatic rings. The summed E-state index contributed by atoms with van der Waals surface area (Å²) in [6.07, 6.45) is 4.63. The summed E-state index contributed by atoms with van der Waals surface area (Å²) >= 11 is 0. The van der Waals surface area contributed by atoms with Crippen molar-refractivity contribution in [2.75, 3.05) is 7.11 Å². The molecule has 2 aromatic carbocycles. The lowest BCUT2D eigenvalue weighted by Gasteiger charge is -2.10. The van der Waals surface area contributed by atoms with E-state index < -0.39 is 0 Å². The second-order valence-electron chi connectivity index (χ2n) is 5.55. The van der Waals surface area contributed by atoms with E-state index in [1.54, 1.807) is 19.2 Å². The highest BCUT2D eigenvalue weighted by molar-refractivity contribution is 6.47. The zero-order valence-corrected chi connectivity index (χ0v) is 13.7. The number of carbonyl (C=O) groups excluding carboxylic acids is 1. The highest BCUT2D eigenvalue weighted by Crippen LogP contribution is 2.29. The maximum Gasteiger partial charge on any atom is 0.211 e. The molecule has 2 rings (SSSR count). The Balaban J connectivity index is 2.30. The zero-order chi connectivity index (χ0) is 16.7. The Morgan fingerprint density at radius 3 is 2.48 bits per heavy atom. The van der Waals surface area contributed by atoms with Gasteiger partial charge in [-0.1, -0.05) is 55.6 Å². The number of nitrogens with zero attached hydrogens (tertiary/aromatic N) is 1. The van der Waals surface area contributed by atoms with Crippen LogP contribution in [0.3, 0.4) is 0 Å². The summed E-state index contributed by atoms with van der Waals surface area (Å²) in [6, 6.07) is 11.1. The lowest BCUT2D eigenvalue weighted by molar-refractivity contribution is 0.106. The molecule has 0 aromatic heterocycles. The van der Waals surface area contributed by atoms with E-state index >= 15 is 0 Å². The molecular formula is C19H23NO3. The third-order valence-corrected chi connectivity index (χ3v) is 4.00. The predicted molar refractivity (Wildman–Crippen MR) is 92.8 cm³/mol. The minimum atomic E-state index is -0.220. The lowest BCUT2D eigenvalue weighted by atomic mass is 9.96. The van der Waals surface area contributed by atoms with Gasteiger partial charge in [0.25, 0.3) is 0 Å². The molecule has 0 aliphatic rings. The highest BCUT2D eigenvalue weighted by Gasteiger charge is 2.18. The first kappa shape index (κ1) is 17.0. The first-order valence-electron chi connectivity index (χ1n) is 8.04. The van der Waals surface area contributed by atoms with Gasteiger partial charge in [-0.3, -0.25) is 4.79 Å². The third-order valence-electron chi connectivity index (χ3n) is 4.00. The fourth-order valence-electron chi connectivity index (χ4n) is 2.73. The van der Waals surface area contributed by atoms with Gasteiger partial charge < -0.3 is 9.94 Å². The first-order valence-corrected chi connectivity index (χ1v) is 8.04. The monoisotopic (exact) mass is 313 g/mol. The van der Waals surface area contributed by atoms with Crippen molar-refractivity contribution in [3.63, 3.8) is 0 Å². The molecule has 0 spiro atoms. The summed E-state index contributed by atoms with van der Waals surface area (Å²) in [7, 11) is 1.61. The van der Waals surface area contributed by atoms with Crippen LogP contribution in [0.1, 0.15) is 49.4 Å². The average Bonchev–Trinajstić information content (AvgIpc) is 2.60. The molecule has 0 saturated carbocycles. The van der Waals surface area contributed by atoms with Crippen LogP contribution in [0.2, 0.25) is 0 Å². The summed E-state index contributed by atoms with van der Waals surface area (Å²) in [6.45, 7) is 2.13. The van der Waals surface area contributed by atoms with Gasteiger partial charge in [-0.2, -0.15) is 0 Å². The molecule has 0 bridgehead atoms. The van der Waals surface area contributed by atoms with Crippen LogP contribution in [0.25, 0.3) is 10.8 Å². The number of unbranched alkanes of at least 4 members (excludes halogenated alkanes) is 3. The van der Waals surface area contributed by atoms with Crippen molar-refractivity contribution in [3.05, 3.63) is 42.0 Å². The van der Waals surface area contributed by atoms with E-state index in [1.165, 1.54) is 0 Å². The van der Waals surface area contributed by atoms with E-state index in [-0.39, 0.29) is 11.5 Å². The van der Waals surface area contributed by atoms with Crippen LogP contribution >= 0.6 is 0 Å². The van der Waals surface area contributed by atoms with Crippen LogP contribution in [0, 0.1) is 0 Å². The van der Waals surface area contributed by atoms with Crippen molar-refractivity contribution >= 4 is 22.3 Å². The van der Waals surface area contributed by atoms with Gasteiger partial charge in [-0.25, -0.2) is 0 Å². The van der Waals surface area contributed by atoms with Crippen LogP contribution < -0.4 is 4.74 Å². The van der Waals surface area contributed by atoms with Gasteiger partial charge in [0.15, 0.2) is 0 Å². The smallest absolute Gasteiger partial charge is 0.211 e. The topological polar surface area (TPSA) is 58.9 Å². The summed E-state index contributed by atoms with van der Waals surface area (Å²) < 4.78 is 5.35. The summed E-state index contributed by atoms with van der Waals surface area (Å²) in [5, 5.41) is 14.2. The molecule has 0 aliphatic carbocycles. The second-order valence-corrected chi connectivity index (χ2v) is 5.55. The van der Waals surface area contributed by atoms with Crippen molar-refractivity contribution in [1.29, 1.82) is 0 Å². The number of ether oxygens (including phenoxy) is 1. The van der Waals surface area contributed by atoms with Gasteiger partial charge >= 0.3 is 0 Å².